The van der Waals surface area contributed by atoms with Crippen LogP contribution in [-0.2, 0) is 9.05 Å². The van der Waals surface area contributed by atoms with Gasteiger partial charge in [-0.25, -0.2) is 0 Å². The normalized spacial score (nSPS) is 26.4. The van der Waals surface area contributed by atoms with Crippen LogP contribution in [0.15, 0.2) is 30.3 Å². The van der Waals surface area contributed by atoms with E-state index in [0.717, 1.165) is 24.3 Å². The van der Waals surface area contributed by atoms with Gasteiger partial charge in [-0.1, -0.05) is 0 Å². The van der Waals surface area contributed by atoms with Gasteiger partial charge in [0.1, 0.15) is 0 Å². The topological polar surface area (TPSA) is 34.2 Å². The number of alkyl halides is 12. The molecule has 0 N–H and O–H groups in total. The first kappa shape index (κ1) is 27.0. The van der Waals surface area contributed by atoms with Crippen molar-refractivity contribution in [2.24, 2.45) is 0 Å². The Hall–Kier alpha value is -1.55. The van der Waals surface area contributed by atoms with E-state index in [1.807, 2.05) is 0 Å². The summed E-state index contributed by atoms with van der Waals surface area (Å²) in [6.45, 7) is -1.31. The predicted molar refractivity (Wildman–Crippen MR) is 91.1 cm³/mol. The van der Waals surface area contributed by atoms with Gasteiger partial charge >= 0.3 is 182 Å². The van der Waals surface area contributed by atoms with Crippen molar-refractivity contribution in [3.05, 3.63) is 30.3 Å². The van der Waals surface area contributed by atoms with E-state index in [1.54, 1.807) is 0 Å². The van der Waals surface area contributed by atoms with Crippen LogP contribution in [0, 0.1) is 0 Å². The summed E-state index contributed by atoms with van der Waals surface area (Å²) in [5.41, 5.74) is -13.9. The molecule has 1 spiro atoms. The second kappa shape index (κ2) is 7.24. The van der Waals surface area contributed by atoms with E-state index in [-0.39, 0.29) is 9.34 Å². The number of halogens is 12. The molecule has 0 amide bonds. The molecule has 5 nitrogen and oxygen atoms in total. The van der Waals surface area contributed by atoms with Crippen molar-refractivity contribution in [3.63, 3.8) is 0 Å². The first-order valence-corrected chi connectivity index (χ1v) is 10.9. The molecule has 0 atom stereocenters. The van der Waals surface area contributed by atoms with E-state index in [0.29, 0.717) is 14.1 Å². The Labute approximate surface area is 183 Å². The van der Waals surface area contributed by atoms with Gasteiger partial charge in [0.15, 0.2) is 0 Å². The molecule has 1 aromatic carbocycles. The monoisotopic (exact) mass is 542 g/mol. The molecule has 2 aliphatic rings. The molecule has 18 heteroatoms. The molecule has 2 fully saturated rings. The summed E-state index contributed by atoms with van der Waals surface area (Å²) >= 11 is 0. The fraction of sp³-hybridized carbons (Fsp3) is 0.625. The molecule has 0 bridgehead atoms. The molecular weight excluding hydrogens is 527 g/mol. The van der Waals surface area contributed by atoms with Gasteiger partial charge in [0, 0.05) is 0 Å². The van der Waals surface area contributed by atoms with Gasteiger partial charge in [-0.3, -0.25) is 0 Å². The Morgan fingerprint density at radius 1 is 0.676 bits per heavy atom. The average molecular weight is 542 g/mol. The summed E-state index contributed by atoms with van der Waals surface area (Å²) in [5.74, 6) is -0.695. The van der Waals surface area contributed by atoms with Crippen LogP contribution in [0.5, 0.6) is 5.75 Å². The van der Waals surface area contributed by atoms with Crippen LogP contribution >= 0.6 is 7.59 Å². The number of nitrogens with zero attached hydrogens (tertiary/aromatic N) is 2. The van der Waals surface area contributed by atoms with Crippen molar-refractivity contribution >= 4 is 7.59 Å². The van der Waals surface area contributed by atoms with Gasteiger partial charge in [-0.2, -0.15) is 0 Å². The van der Waals surface area contributed by atoms with Crippen molar-refractivity contribution in [2.75, 3.05) is 27.2 Å². The van der Waals surface area contributed by atoms with E-state index in [1.165, 1.54) is 6.07 Å². The molecule has 0 saturated carbocycles. The van der Waals surface area contributed by atoms with Crippen LogP contribution < -0.4 is 4.52 Å². The van der Waals surface area contributed by atoms with Crippen LogP contribution in [0.25, 0.3) is 0 Å². The third-order valence-corrected chi connectivity index (χ3v) is 9.95. The SMILES string of the molecule is CN1CCN(C)P12(Oc1ccccc1)OC(C(F)(F)F)(C(F)(F)F)C(C(F)(F)F)(C(F)(F)F)O2. The average Bonchev–Trinajstić information content (AvgIpc) is 3.10. The molecule has 2 aliphatic heterocycles. The quantitative estimate of drug-likeness (QED) is 0.347. The van der Waals surface area contributed by atoms with E-state index in [4.69, 9.17) is 4.52 Å². The van der Waals surface area contributed by atoms with Crippen LogP contribution in [0.2, 0.25) is 0 Å². The van der Waals surface area contributed by atoms with Gasteiger partial charge < -0.3 is 0 Å². The summed E-state index contributed by atoms with van der Waals surface area (Å²) in [5, 5.41) is 0. The summed E-state index contributed by atoms with van der Waals surface area (Å²) < 4.78 is 183. The number of likely N-dealkylation sites (N-methyl/N-ethyl adjacent to an activating group) is 2. The predicted octanol–water partition coefficient (Wildman–Crippen LogP) is 5.84. The van der Waals surface area contributed by atoms with Crippen molar-refractivity contribution in [1.29, 1.82) is 0 Å². The molecule has 2 heterocycles. The van der Waals surface area contributed by atoms with Crippen molar-refractivity contribution in [3.8, 4) is 5.75 Å². The first-order valence-electron chi connectivity index (χ1n) is 9.02. The summed E-state index contributed by atoms with van der Waals surface area (Å²) in [6, 6.07) is 5.31. The fourth-order valence-corrected chi connectivity index (χ4v) is 8.35. The second-order valence-corrected chi connectivity index (χ2v) is 11.0. The summed E-state index contributed by atoms with van der Waals surface area (Å²) in [6.07, 6.45) is -29.3. The Kier molecular flexibility index (Phi) is 5.76. The Morgan fingerprint density at radius 3 is 1.29 bits per heavy atom. The zero-order valence-electron chi connectivity index (χ0n) is 16.9. The molecule has 0 aromatic heterocycles. The number of para-hydroxylation sites is 1. The first-order chi connectivity index (χ1) is 15.1. The number of hydrogen-bond donors (Lipinski definition) is 0. The van der Waals surface area contributed by atoms with Crippen LogP contribution in [0.1, 0.15) is 0 Å². The number of benzene rings is 1. The van der Waals surface area contributed by atoms with Gasteiger partial charge in [-0.15, -0.1) is 0 Å². The zero-order valence-corrected chi connectivity index (χ0v) is 17.8. The number of rotatable bonds is 2. The molecule has 0 unspecified atom stereocenters. The maximum atomic E-state index is 14.1. The van der Waals surface area contributed by atoms with E-state index < -0.39 is 62.3 Å². The molecule has 0 aliphatic carbocycles. The Bertz CT molecular complexity index is 848. The summed E-state index contributed by atoms with van der Waals surface area (Å²) in [7, 11) is -5.63. The van der Waals surface area contributed by atoms with E-state index in [9.17, 15) is 52.7 Å². The molecule has 3 rings (SSSR count). The van der Waals surface area contributed by atoms with Crippen LogP contribution in [0.4, 0.5) is 52.7 Å². The van der Waals surface area contributed by atoms with Gasteiger partial charge in [-0.05, 0) is 0 Å². The second-order valence-electron chi connectivity index (χ2n) is 7.51. The number of hydrogen-bond acceptors (Lipinski definition) is 5. The third kappa shape index (κ3) is 3.09. The minimum absolute atomic E-state index is 0.254. The van der Waals surface area contributed by atoms with E-state index in [2.05, 4.69) is 9.05 Å². The van der Waals surface area contributed by atoms with E-state index >= 15 is 0 Å². The summed E-state index contributed by atoms with van der Waals surface area (Å²) in [4.78, 5) is 0. The van der Waals surface area contributed by atoms with Crippen LogP contribution in [0.3, 0.4) is 0 Å². The van der Waals surface area contributed by atoms with Gasteiger partial charge in [0.25, 0.3) is 0 Å². The van der Waals surface area contributed by atoms with Crippen molar-refractivity contribution in [2.45, 2.75) is 35.9 Å². The molecular formula is C16H15F12N2O3P. The molecule has 1 aromatic rings. The Balaban J connectivity index is 2.55. The molecule has 196 valence electrons. The molecule has 0 radical (unpaired) electrons. The van der Waals surface area contributed by atoms with Crippen LogP contribution in [-0.4, -0.2) is 72.4 Å². The van der Waals surface area contributed by atoms with Crippen molar-refractivity contribution in [1.82, 2.24) is 9.34 Å². The fourth-order valence-electron chi connectivity index (χ4n) is 3.94. The minimum atomic E-state index is -7.33. The standard InChI is InChI=1S/C16H15F12N2O3P/c1-29-8-9-30(2)34(29,31-10-6-4-3-5-7-10)32-11(13(17,18)19,14(20,21)22)12(33-34,15(23,24)25)16(26,27)28/h3-7H,8-9H2,1-2H3. The van der Waals surface area contributed by atoms with Crippen molar-refractivity contribution < 1.29 is 66.3 Å². The van der Waals surface area contributed by atoms with Gasteiger partial charge in [0.2, 0.25) is 0 Å². The van der Waals surface area contributed by atoms with Gasteiger partial charge in [0.05, 0.1) is 0 Å². The Morgan fingerprint density at radius 2 is 1.00 bits per heavy atom. The maximum absolute atomic E-state index is 14.1. The molecule has 34 heavy (non-hydrogen) atoms. The third-order valence-electron chi connectivity index (χ3n) is 5.57. The molecule has 2 saturated heterocycles. The zero-order chi connectivity index (χ0) is 26.3.